The molecule has 0 aromatic heterocycles. The van der Waals surface area contributed by atoms with Gasteiger partial charge in [0.1, 0.15) is 17.2 Å². The number of carbonyl (C=O) groups is 2. The second-order valence-corrected chi connectivity index (χ2v) is 6.70. The highest BCUT2D eigenvalue weighted by atomic mass is 16.5. The Morgan fingerprint density at radius 3 is 2.06 bits per heavy atom. The highest BCUT2D eigenvalue weighted by Gasteiger charge is 2.09. The molecule has 0 saturated carbocycles. The molecular formula is C25H24N2O5. The average Bonchev–Trinajstić information content (AvgIpc) is 2.83. The first-order chi connectivity index (χ1) is 15.5. The molecular weight excluding hydrogens is 408 g/mol. The van der Waals surface area contributed by atoms with E-state index in [1.54, 1.807) is 82.0 Å². The lowest BCUT2D eigenvalue weighted by Crippen LogP contribution is -2.13. The standard InChI is InChI=1S/C25H24N2O5/c1-30-20-14-17(15-21(16-20)31-2)8-13-24(28)26-19-11-9-18(10-12-19)25(29)27-22-6-4-5-7-23(22)32-3/h4-16H,1-3H3,(H,26,28)(H,27,29)/b13-8+. The van der Waals surface area contributed by atoms with Gasteiger partial charge in [-0.3, -0.25) is 9.59 Å². The van der Waals surface area contributed by atoms with Crippen molar-refractivity contribution in [2.24, 2.45) is 0 Å². The van der Waals surface area contributed by atoms with Crippen LogP contribution in [-0.4, -0.2) is 33.1 Å². The second kappa shape index (κ2) is 10.7. The Morgan fingerprint density at radius 1 is 0.781 bits per heavy atom. The Bertz CT molecular complexity index is 1100. The molecule has 0 aliphatic rings. The number of hydrogen-bond donors (Lipinski definition) is 2. The molecule has 3 aromatic carbocycles. The topological polar surface area (TPSA) is 85.9 Å². The van der Waals surface area contributed by atoms with Crippen LogP contribution in [0.2, 0.25) is 0 Å². The molecule has 164 valence electrons. The van der Waals surface area contributed by atoms with Crippen LogP contribution in [0.25, 0.3) is 6.08 Å². The smallest absolute Gasteiger partial charge is 0.255 e. The van der Waals surface area contributed by atoms with Crippen molar-refractivity contribution in [1.82, 2.24) is 0 Å². The first-order valence-electron chi connectivity index (χ1n) is 9.79. The normalized spacial score (nSPS) is 10.5. The van der Waals surface area contributed by atoms with Crippen molar-refractivity contribution in [2.45, 2.75) is 0 Å². The average molecular weight is 432 g/mol. The molecule has 32 heavy (non-hydrogen) atoms. The summed E-state index contributed by atoms with van der Waals surface area (Å²) in [6.45, 7) is 0. The molecule has 0 atom stereocenters. The van der Waals surface area contributed by atoms with Crippen molar-refractivity contribution in [3.63, 3.8) is 0 Å². The Labute approximate surface area is 186 Å². The summed E-state index contributed by atoms with van der Waals surface area (Å²) in [5, 5.41) is 5.58. The van der Waals surface area contributed by atoms with Crippen molar-refractivity contribution < 1.29 is 23.8 Å². The Balaban J connectivity index is 1.62. The van der Waals surface area contributed by atoms with Crippen LogP contribution in [0.5, 0.6) is 17.2 Å². The van der Waals surface area contributed by atoms with E-state index in [-0.39, 0.29) is 11.8 Å². The lowest BCUT2D eigenvalue weighted by Gasteiger charge is -2.10. The van der Waals surface area contributed by atoms with Crippen LogP contribution in [0.15, 0.2) is 72.8 Å². The number of benzene rings is 3. The van der Waals surface area contributed by atoms with Crippen LogP contribution in [-0.2, 0) is 4.79 Å². The zero-order valence-corrected chi connectivity index (χ0v) is 18.0. The summed E-state index contributed by atoms with van der Waals surface area (Å²) in [5.41, 5.74) is 2.36. The molecule has 0 heterocycles. The molecule has 3 aromatic rings. The largest absolute Gasteiger partial charge is 0.497 e. The monoisotopic (exact) mass is 432 g/mol. The van der Waals surface area contributed by atoms with Gasteiger partial charge >= 0.3 is 0 Å². The third kappa shape index (κ3) is 5.89. The number of carbonyl (C=O) groups excluding carboxylic acids is 2. The molecule has 0 unspecified atom stereocenters. The van der Waals surface area contributed by atoms with Crippen LogP contribution in [0.3, 0.4) is 0 Å². The molecule has 7 nitrogen and oxygen atoms in total. The van der Waals surface area contributed by atoms with E-state index in [1.165, 1.54) is 6.08 Å². The Hall–Kier alpha value is -4.26. The van der Waals surface area contributed by atoms with Gasteiger partial charge in [-0.15, -0.1) is 0 Å². The third-order valence-electron chi connectivity index (χ3n) is 4.57. The lowest BCUT2D eigenvalue weighted by atomic mass is 10.1. The van der Waals surface area contributed by atoms with Crippen LogP contribution in [0, 0.1) is 0 Å². The fourth-order valence-corrected chi connectivity index (χ4v) is 2.93. The number of ether oxygens (including phenoxy) is 3. The van der Waals surface area contributed by atoms with E-state index >= 15 is 0 Å². The lowest BCUT2D eigenvalue weighted by molar-refractivity contribution is -0.111. The van der Waals surface area contributed by atoms with Crippen LogP contribution < -0.4 is 24.8 Å². The van der Waals surface area contributed by atoms with E-state index in [0.717, 1.165) is 5.56 Å². The molecule has 0 spiro atoms. The van der Waals surface area contributed by atoms with Gasteiger partial charge in [0.25, 0.3) is 5.91 Å². The van der Waals surface area contributed by atoms with Crippen LogP contribution in [0.1, 0.15) is 15.9 Å². The molecule has 0 radical (unpaired) electrons. The number of para-hydroxylation sites is 2. The number of nitrogens with one attached hydrogen (secondary N) is 2. The van der Waals surface area contributed by atoms with Crippen molar-refractivity contribution in [3.05, 3.63) is 83.9 Å². The fraction of sp³-hybridized carbons (Fsp3) is 0.120. The molecule has 0 aliphatic carbocycles. The molecule has 7 heteroatoms. The minimum atomic E-state index is -0.307. The van der Waals surface area contributed by atoms with Crippen LogP contribution >= 0.6 is 0 Å². The molecule has 2 amide bonds. The van der Waals surface area contributed by atoms with Gasteiger partial charge in [-0.05, 0) is 60.2 Å². The molecule has 0 fully saturated rings. The summed E-state index contributed by atoms with van der Waals surface area (Å²) in [7, 11) is 4.67. The summed E-state index contributed by atoms with van der Waals surface area (Å²) in [5.74, 6) is 1.25. The summed E-state index contributed by atoms with van der Waals surface area (Å²) in [4.78, 5) is 24.8. The molecule has 0 bridgehead atoms. The van der Waals surface area contributed by atoms with Gasteiger partial charge in [0.05, 0.1) is 27.0 Å². The fourth-order valence-electron chi connectivity index (χ4n) is 2.93. The van der Waals surface area contributed by atoms with E-state index in [1.807, 2.05) is 12.1 Å². The number of amides is 2. The predicted molar refractivity (Wildman–Crippen MR) is 125 cm³/mol. The maximum absolute atomic E-state index is 12.5. The van der Waals surface area contributed by atoms with Gasteiger partial charge in [-0.2, -0.15) is 0 Å². The Morgan fingerprint density at radius 2 is 1.44 bits per heavy atom. The van der Waals surface area contributed by atoms with E-state index in [0.29, 0.717) is 34.2 Å². The molecule has 0 aliphatic heterocycles. The number of rotatable bonds is 8. The van der Waals surface area contributed by atoms with Gasteiger partial charge < -0.3 is 24.8 Å². The van der Waals surface area contributed by atoms with Gasteiger partial charge in [0.15, 0.2) is 0 Å². The maximum atomic E-state index is 12.5. The van der Waals surface area contributed by atoms with E-state index in [4.69, 9.17) is 14.2 Å². The third-order valence-corrected chi connectivity index (χ3v) is 4.57. The predicted octanol–water partition coefficient (Wildman–Crippen LogP) is 4.62. The van der Waals surface area contributed by atoms with Gasteiger partial charge in [0.2, 0.25) is 5.91 Å². The number of methoxy groups -OCH3 is 3. The SMILES string of the molecule is COc1cc(/C=C/C(=O)Nc2ccc(C(=O)Nc3ccccc3OC)cc2)cc(OC)c1. The summed E-state index contributed by atoms with van der Waals surface area (Å²) < 4.78 is 15.7. The zero-order chi connectivity index (χ0) is 22.9. The van der Waals surface area contributed by atoms with Crippen molar-refractivity contribution >= 4 is 29.3 Å². The highest BCUT2D eigenvalue weighted by molar-refractivity contribution is 6.06. The van der Waals surface area contributed by atoms with Crippen molar-refractivity contribution in [1.29, 1.82) is 0 Å². The number of anilines is 2. The first-order valence-corrected chi connectivity index (χ1v) is 9.79. The first kappa shape index (κ1) is 22.4. The summed E-state index contributed by atoms with van der Waals surface area (Å²) in [6.07, 6.45) is 3.08. The minimum absolute atomic E-state index is 0.278. The molecule has 2 N–H and O–H groups in total. The van der Waals surface area contributed by atoms with E-state index in [9.17, 15) is 9.59 Å². The minimum Gasteiger partial charge on any atom is -0.497 e. The van der Waals surface area contributed by atoms with Crippen LogP contribution in [0.4, 0.5) is 11.4 Å². The van der Waals surface area contributed by atoms with Crippen molar-refractivity contribution in [2.75, 3.05) is 32.0 Å². The second-order valence-electron chi connectivity index (χ2n) is 6.70. The van der Waals surface area contributed by atoms with Gasteiger partial charge in [0, 0.05) is 23.4 Å². The highest BCUT2D eigenvalue weighted by Crippen LogP contribution is 2.24. The summed E-state index contributed by atoms with van der Waals surface area (Å²) in [6, 6.07) is 19.1. The van der Waals surface area contributed by atoms with Crippen molar-refractivity contribution in [3.8, 4) is 17.2 Å². The molecule has 0 saturated heterocycles. The molecule has 3 rings (SSSR count). The Kier molecular flexibility index (Phi) is 7.48. The van der Waals surface area contributed by atoms with E-state index in [2.05, 4.69) is 10.6 Å². The number of hydrogen-bond acceptors (Lipinski definition) is 5. The maximum Gasteiger partial charge on any atom is 0.255 e. The van der Waals surface area contributed by atoms with E-state index < -0.39 is 0 Å². The zero-order valence-electron chi connectivity index (χ0n) is 18.0. The van der Waals surface area contributed by atoms with Gasteiger partial charge in [-0.1, -0.05) is 12.1 Å². The quantitative estimate of drug-likeness (QED) is 0.508. The summed E-state index contributed by atoms with van der Waals surface area (Å²) >= 11 is 0. The van der Waals surface area contributed by atoms with Gasteiger partial charge in [-0.25, -0.2) is 0 Å².